The molecule has 4 nitrogen and oxygen atoms in total. The highest BCUT2D eigenvalue weighted by Crippen LogP contribution is 2.35. The maximum Gasteiger partial charge on any atom is 0.119 e. The summed E-state index contributed by atoms with van der Waals surface area (Å²) in [5.74, 6) is 1.82. The second-order valence-corrected chi connectivity index (χ2v) is 11.7. The van der Waals surface area contributed by atoms with Crippen LogP contribution in [0.3, 0.4) is 0 Å². The number of nitrogens with zero attached hydrogens (tertiary/aromatic N) is 2. The molecule has 6 rings (SSSR count). The van der Waals surface area contributed by atoms with E-state index in [0.29, 0.717) is 18.7 Å². The molecular formula is C38H42N2O2. The molecule has 1 fully saturated rings. The van der Waals surface area contributed by atoms with Gasteiger partial charge in [0.05, 0.1) is 5.69 Å². The number of hydrogen-bond donors (Lipinski definition) is 0. The molecule has 216 valence electrons. The zero-order valence-electron chi connectivity index (χ0n) is 25.1. The van der Waals surface area contributed by atoms with E-state index < -0.39 is 0 Å². The number of fused-ring (bicyclic) bond motifs is 1. The molecule has 0 spiro atoms. The minimum Gasteiger partial charge on any atom is -0.492 e. The molecule has 0 saturated carbocycles. The highest BCUT2D eigenvalue weighted by atomic mass is 16.5. The fourth-order valence-electron chi connectivity index (χ4n) is 6.52. The van der Waals surface area contributed by atoms with Crippen LogP contribution >= 0.6 is 0 Å². The molecule has 0 aliphatic carbocycles. The Bertz CT molecular complexity index is 1580. The summed E-state index contributed by atoms with van der Waals surface area (Å²) in [6, 6.07) is 37.5. The Morgan fingerprint density at radius 2 is 1.33 bits per heavy atom. The van der Waals surface area contributed by atoms with Crippen LogP contribution < -0.4 is 9.47 Å². The second kappa shape index (κ2) is 12.9. The van der Waals surface area contributed by atoms with Crippen molar-refractivity contribution >= 4 is 10.9 Å². The molecular weight excluding hydrogens is 516 g/mol. The summed E-state index contributed by atoms with van der Waals surface area (Å²) in [6.45, 7) is 9.99. The third kappa shape index (κ3) is 6.24. The van der Waals surface area contributed by atoms with Gasteiger partial charge in [-0.15, -0.1) is 0 Å². The van der Waals surface area contributed by atoms with Crippen molar-refractivity contribution in [2.75, 3.05) is 13.2 Å². The van der Waals surface area contributed by atoms with Gasteiger partial charge in [0, 0.05) is 36.1 Å². The molecule has 1 saturated heterocycles. The summed E-state index contributed by atoms with van der Waals surface area (Å²) in [7, 11) is 0. The van der Waals surface area contributed by atoms with Crippen LogP contribution in [-0.2, 0) is 13.2 Å². The Labute approximate surface area is 250 Å². The van der Waals surface area contributed by atoms with Crippen LogP contribution in [0.15, 0.2) is 103 Å². The average molecular weight is 559 g/mol. The fourth-order valence-corrected chi connectivity index (χ4v) is 6.52. The molecule has 1 aliphatic rings. The first-order valence-electron chi connectivity index (χ1n) is 15.4. The van der Waals surface area contributed by atoms with Gasteiger partial charge in [-0.25, -0.2) is 0 Å². The van der Waals surface area contributed by atoms with Crippen molar-refractivity contribution in [3.05, 3.63) is 120 Å². The zero-order valence-corrected chi connectivity index (χ0v) is 25.1. The lowest BCUT2D eigenvalue weighted by Crippen LogP contribution is -2.45. The van der Waals surface area contributed by atoms with Gasteiger partial charge >= 0.3 is 0 Å². The van der Waals surface area contributed by atoms with Gasteiger partial charge in [0.1, 0.15) is 24.7 Å². The van der Waals surface area contributed by atoms with Gasteiger partial charge in [-0.3, -0.25) is 4.90 Å². The highest BCUT2D eigenvalue weighted by molar-refractivity contribution is 5.91. The smallest absolute Gasteiger partial charge is 0.119 e. The topological polar surface area (TPSA) is 26.6 Å². The van der Waals surface area contributed by atoms with Crippen LogP contribution in [0.2, 0.25) is 0 Å². The third-order valence-electron chi connectivity index (χ3n) is 8.86. The van der Waals surface area contributed by atoms with Crippen LogP contribution in [0, 0.1) is 6.92 Å². The van der Waals surface area contributed by atoms with E-state index >= 15 is 0 Å². The Morgan fingerprint density at radius 1 is 0.690 bits per heavy atom. The lowest BCUT2D eigenvalue weighted by Gasteiger charge is -2.38. The zero-order chi connectivity index (χ0) is 28.9. The van der Waals surface area contributed by atoms with E-state index in [2.05, 4.69) is 115 Å². The van der Waals surface area contributed by atoms with Crippen LogP contribution in [0.5, 0.6) is 11.5 Å². The summed E-state index contributed by atoms with van der Waals surface area (Å²) < 4.78 is 14.7. The predicted octanol–water partition coefficient (Wildman–Crippen LogP) is 8.89. The van der Waals surface area contributed by atoms with Crippen LogP contribution in [-0.4, -0.2) is 34.7 Å². The number of ether oxygens (including phenoxy) is 2. The van der Waals surface area contributed by atoms with E-state index in [1.54, 1.807) is 0 Å². The predicted molar refractivity (Wildman–Crippen MR) is 173 cm³/mol. The van der Waals surface area contributed by atoms with Crippen molar-refractivity contribution in [2.45, 2.75) is 65.3 Å². The number of rotatable bonds is 10. The molecule has 5 aromatic rings. The number of aromatic nitrogens is 1. The van der Waals surface area contributed by atoms with Gasteiger partial charge in [0.2, 0.25) is 0 Å². The summed E-state index contributed by atoms with van der Waals surface area (Å²) in [5, 5.41) is 1.29. The number of benzene rings is 4. The van der Waals surface area contributed by atoms with Crippen molar-refractivity contribution in [2.24, 2.45) is 0 Å². The molecule has 2 heterocycles. The minimum absolute atomic E-state index is 0.565. The molecule has 1 aliphatic heterocycles. The van der Waals surface area contributed by atoms with E-state index in [1.165, 1.54) is 58.1 Å². The summed E-state index contributed by atoms with van der Waals surface area (Å²) in [6.07, 6.45) is 3.93. The molecule has 4 aromatic carbocycles. The SMILES string of the molecule is Cc1c(-c2ccc(OCc3ccccc3)cc2)n(Cc2ccc(OCCN3[C@H](C)CCC[C@@H]3C)cc2)c2ccccc12. The highest BCUT2D eigenvalue weighted by Gasteiger charge is 2.24. The first-order valence-corrected chi connectivity index (χ1v) is 15.4. The maximum atomic E-state index is 6.18. The lowest BCUT2D eigenvalue weighted by molar-refractivity contribution is 0.0851. The second-order valence-electron chi connectivity index (χ2n) is 11.7. The van der Waals surface area contributed by atoms with Gasteiger partial charge in [-0.1, -0.05) is 67.1 Å². The van der Waals surface area contributed by atoms with E-state index in [-0.39, 0.29) is 0 Å². The number of likely N-dealkylation sites (tertiary alicyclic amines) is 1. The molecule has 42 heavy (non-hydrogen) atoms. The number of piperidine rings is 1. The lowest BCUT2D eigenvalue weighted by atomic mass is 9.98. The Hall–Kier alpha value is -4.02. The number of hydrogen-bond acceptors (Lipinski definition) is 3. The molecule has 0 N–H and O–H groups in total. The van der Waals surface area contributed by atoms with Gasteiger partial charge in [-0.05, 0) is 98.3 Å². The van der Waals surface area contributed by atoms with E-state index in [1.807, 2.05) is 18.2 Å². The average Bonchev–Trinajstić information content (AvgIpc) is 3.30. The quantitative estimate of drug-likeness (QED) is 0.171. The monoisotopic (exact) mass is 558 g/mol. The van der Waals surface area contributed by atoms with Crippen LogP contribution in [0.4, 0.5) is 0 Å². The van der Waals surface area contributed by atoms with Gasteiger partial charge in [0.15, 0.2) is 0 Å². The molecule has 2 atom stereocenters. The molecule has 1 aromatic heterocycles. The maximum absolute atomic E-state index is 6.18. The number of aryl methyl sites for hydroxylation is 1. The standard InChI is InChI=1S/C38H42N2O2/c1-28-10-9-11-29(2)39(28)24-25-41-34-20-16-31(17-21-34)26-40-37-15-8-7-14-36(37)30(3)38(40)33-18-22-35(23-19-33)42-27-32-12-5-4-6-13-32/h4-8,12-23,28-29H,9-11,24-27H2,1-3H3/t28-,29+. The Kier molecular flexibility index (Phi) is 8.62. The minimum atomic E-state index is 0.565. The summed E-state index contributed by atoms with van der Waals surface area (Å²) in [5.41, 5.74) is 7.41. The van der Waals surface area contributed by atoms with E-state index in [4.69, 9.17) is 9.47 Å². The molecule has 4 heteroatoms. The fraction of sp³-hybridized carbons (Fsp3) is 0.316. The Morgan fingerprint density at radius 3 is 2.07 bits per heavy atom. The van der Waals surface area contributed by atoms with Crippen molar-refractivity contribution < 1.29 is 9.47 Å². The third-order valence-corrected chi connectivity index (χ3v) is 8.86. The van der Waals surface area contributed by atoms with Crippen LogP contribution in [0.1, 0.15) is 49.8 Å². The molecule has 0 unspecified atom stereocenters. The van der Waals surface area contributed by atoms with E-state index in [9.17, 15) is 0 Å². The largest absolute Gasteiger partial charge is 0.492 e. The first-order chi connectivity index (χ1) is 20.6. The van der Waals surface area contributed by atoms with Crippen LogP contribution in [0.25, 0.3) is 22.2 Å². The van der Waals surface area contributed by atoms with Gasteiger partial charge < -0.3 is 14.0 Å². The van der Waals surface area contributed by atoms with Crippen molar-refractivity contribution in [3.8, 4) is 22.8 Å². The molecule has 0 amide bonds. The van der Waals surface area contributed by atoms with Gasteiger partial charge in [0.25, 0.3) is 0 Å². The molecule has 0 radical (unpaired) electrons. The first kappa shape index (κ1) is 28.1. The van der Waals surface area contributed by atoms with Crippen molar-refractivity contribution in [1.29, 1.82) is 0 Å². The summed E-state index contributed by atoms with van der Waals surface area (Å²) in [4.78, 5) is 2.60. The molecule has 0 bridgehead atoms. The van der Waals surface area contributed by atoms with Crippen molar-refractivity contribution in [3.63, 3.8) is 0 Å². The van der Waals surface area contributed by atoms with Gasteiger partial charge in [-0.2, -0.15) is 0 Å². The summed E-state index contributed by atoms with van der Waals surface area (Å²) >= 11 is 0. The van der Waals surface area contributed by atoms with Crippen molar-refractivity contribution in [1.82, 2.24) is 9.47 Å². The normalized spacial score (nSPS) is 17.4. The Balaban J connectivity index is 1.17. The van der Waals surface area contributed by atoms with E-state index in [0.717, 1.165) is 31.2 Å². The number of para-hydroxylation sites is 1.